The quantitative estimate of drug-likeness (QED) is 0.679. The van der Waals surface area contributed by atoms with Gasteiger partial charge in [-0.2, -0.15) is 0 Å². The molecule has 1 unspecified atom stereocenters. The van der Waals surface area contributed by atoms with E-state index in [-0.39, 0.29) is 17.7 Å². The molecule has 1 atom stereocenters. The molecule has 28 heavy (non-hydrogen) atoms. The SMILES string of the molecule is COc1ccc(C(CC(=O)O)NC(=O)c2cccc(OC)c2OC)cc1OC. The van der Waals surface area contributed by atoms with Crippen LogP contribution in [0.4, 0.5) is 0 Å². The number of ether oxygens (including phenoxy) is 4. The van der Waals surface area contributed by atoms with Crippen molar-refractivity contribution in [3.8, 4) is 23.0 Å². The van der Waals surface area contributed by atoms with Crippen molar-refractivity contribution in [3.63, 3.8) is 0 Å². The van der Waals surface area contributed by atoms with Gasteiger partial charge < -0.3 is 29.4 Å². The highest BCUT2D eigenvalue weighted by Crippen LogP contribution is 2.33. The van der Waals surface area contributed by atoms with Crippen LogP contribution in [0, 0.1) is 0 Å². The molecule has 0 aliphatic heterocycles. The number of hydrogen-bond acceptors (Lipinski definition) is 6. The van der Waals surface area contributed by atoms with E-state index in [1.54, 1.807) is 36.4 Å². The third kappa shape index (κ3) is 4.64. The molecule has 0 saturated carbocycles. The Morgan fingerprint density at radius 3 is 2.18 bits per heavy atom. The minimum atomic E-state index is -1.06. The van der Waals surface area contributed by atoms with Gasteiger partial charge in [0.2, 0.25) is 0 Å². The second-order valence-corrected chi connectivity index (χ2v) is 5.78. The van der Waals surface area contributed by atoms with Crippen molar-refractivity contribution in [1.29, 1.82) is 0 Å². The maximum Gasteiger partial charge on any atom is 0.305 e. The number of aliphatic carboxylic acids is 1. The molecule has 0 saturated heterocycles. The average Bonchev–Trinajstić information content (AvgIpc) is 2.71. The van der Waals surface area contributed by atoms with Crippen LogP contribution < -0.4 is 24.3 Å². The molecule has 0 heterocycles. The fraction of sp³-hybridized carbons (Fsp3) is 0.300. The molecule has 0 radical (unpaired) electrons. The number of carboxylic acid groups (broad SMARTS) is 1. The lowest BCUT2D eigenvalue weighted by atomic mass is 10.0. The molecule has 0 fully saturated rings. The summed E-state index contributed by atoms with van der Waals surface area (Å²) in [5, 5.41) is 12.0. The van der Waals surface area contributed by atoms with E-state index < -0.39 is 17.9 Å². The van der Waals surface area contributed by atoms with E-state index in [1.165, 1.54) is 28.4 Å². The van der Waals surface area contributed by atoms with Crippen LogP contribution in [0.5, 0.6) is 23.0 Å². The molecule has 1 amide bonds. The second-order valence-electron chi connectivity index (χ2n) is 5.78. The molecule has 0 aliphatic carbocycles. The number of benzene rings is 2. The van der Waals surface area contributed by atoms with Crippen LogP contribution in [-0.4, -0.2) is 45.4 Å². The van der Waals surface area contributed by atoms with Crippen LogP contribution in [0.3, 0.4) is 0 Å². The molecule has 150 valence electrons. The Morgan fingerprint density at radius 2 is 1.61 bits per heavy atom. The molecular formula is C20H23NO7. The highest BCUT2D eigenvalue weighted by Gasteiger charge is 2.23. The van der Waals surface area contributed by atoms with E-state index in [0.717, 1.165) is 0 Å². The van der Waals surface area contributed by atoms with E-state index in [0.29, 0.717) is 22.8 Å². The van der Waals surface area contributed by atoms with Crippen molar-refractivity contribution in [1.82, 2.24) is 5.32 Å². The Morgan fingerprint density at radius 1 is 0.929 bits per heavy atom. The number of carbonyl (C=O) groups is 2. The van der Waals surface area contributed by atoms with Gasteiger partial charge in [-0.1, -0.05) is 12.1 Å². The van der Waals surface area contributed by atoms with Crippen molar-refractivity contribution >= 4 is 11.9 Å². The number of carboxylic acids is 1. The van der Waals surface area contributed by atoms with E-state index in [9.17, 15) is 14.7 Å². The lowest BCUT2D eigenvalue weighted by molar-refractivity contribution is -0.137. The van der Waals surface area contributed by atoms with E-state index in [1.807, 2.05) is 0 Å². The van der Waals surface area contributed by atoms with Crippen LogP contribution in [0.15, 0.2) is 36.4 Å². The van der Waals surface area contributed by atoms with Gasteiger partial charge in [0, 0.05) is 0 Å². The molecule has 2 rings (SSSR count). The predicted molar refractivity (Wildman–Crippen MR) is 102 cm³/mol. The first-order chi connectivity index (χ1) is 13.4. The van der Waals surface area contributed by atoms with Gasteiger partial charge in [-0.25, -0.2) is 0 Å². The van der Waals surface area contributed by atoms with Crippen LogP contribution in [0.1, 0.15) is 28.4 Å². The third-order valence-electron chi connectivity index (χ3n) is 4.14. The normalized spacial score (nSPS) is 11.3. The third-order valence-corrected chi connectivity index (χ3v) is 4.14. The Labute approximate surface area is 163 Å². The van der Waals surface area contributed by atoms with Crippen LogP contribution in [0.25, 0.3) is 0 Å². The first-order valence-electron chi connectivity index (χ1n) is 8.40. The molecule has 2 N–H and O–H groups in total. The van der Waals surface area contributed by atoms with Gasteiger partial charge in [-0.3, -0.25) is 9.59 Å². The zero-order valence-corrected chi connectivity index (χ0v) is 16.1. The highest BCUT2D eigenvalue weighted by atomic mass is 16.5. The lowest BCUT2D eigenvalue weighted by Crippen LogP contribution is -2.30. The van der Waals surface area contributed by atoms with Crippen LogP contribution in [-0.2, 0) is 4.79 Å². The smallest absolute Gasteiger partial charge is 0.305 e. The minimum absolute atomic E-state index is 0.234. The zero-order chi connectivity index (χ0) is 20.7. The predicted octanol–water partition coefficient (Wildman–Crippen LogP) is 2.67. The fourth-order valence-electron chi connectivity index (χ4n) is 2.80. The number of para-hydroxylation sites is 1. The number of nitrogens with one attached hydrogen (secondary N) is 1. The lowest BCUT2D eigenvalue weighted by Gasteiger charge is -2.20. The largest absolute Gasteiger partial charge is 0.493 e. The number of methoxy groups -OCH3 is 4. The van der Waals surface area contributed by atoms with Crippen molar-refractivity contribution in [2.24, 2.45) is 0 Å². The van der Waals surface area contributed by atoms with Gasteiger partial charge in [-0.15, -0.1) is 0 Å². The van der Waals surface area contributed by atoms with E-state index in [2.05, 4.69) is 5.32 Å². The van der Waals surface area contributed by atoms with Crippen molar-refractivity contribution in [2.45, 2.75) is 12.5 Å². The Bertz CT molecular complexity index is 850. The molecule has 0 spiro atoms. The van der Waals surface area contributed by atoms with Gasteiger partial charge in [0.25, 0.3) is 5.91 Å². The van der Waals surface area contributed by atoms with Gasteiger partial charge >= 0.3 is 5.97 Å². The summed E-state index contributed by atoms with van der Waals surface area (Å²) in [6.07, 6.45) is -0.312. The monoisotopic (exact) mass is 389 g/mol. The maximum absolute atomic E-state index is 12.8. The molecule has 8 nitrogen and oxygen atoms in total. The average molecular weight is 389 g/mol. The molecule has 0 aromatic heterocycles. The molecule has 2 aromatic carbocycles. The maximum atomic E-state index is 12.8. The van der Waals surface area contributed by atoms with Crippen LogP contribution in [0.2, 0.25) is 0 Å². The second kappa shape index (κ2) is 9.50. The van der Waals surface area contributed by atoms with E-state index >= 15 is 0 Å². The molecule has 2 aromatic rings. The molecule has 8 heteroatoms. The number of hydrogen-bond donors (Lipinski definition) is 2. The van der Waals surface area contributed by atoms with Crippen molar-refractivity contribution < 1.29 is 33.6 Å². The summed E-state index contributed by atoms with van der Waals surface area (Å²) >= 11 is 0. The highest BCUT2D eigenvalue weighted by molar-refractivity contribution is 5.98. The molecule has 0 aliphatic rings. The van der Waals surface area contributed by atoms with Gasteiger partial charge in [0.15, 0.2) is 23.0 Å². The fourth-order valence-corrected chi connectivity index (χ4v) is 2.80. The summed E-state index contributed by atoms with van der Waals surface area (Å²) in [5.74, 6) is 0.0547. The first kappa shape index (κ1) is 20.9. The Balaban J connectivity index is 2.38. The zero-order valence-electron chi connectivity index (χ0n) is 16.1. The minimum Gasteiger partial charge on any atom is -0.493 e. The summed E-state index contributed by atoms with van der Waals surface area (Å²) in [5.41, 5.74) is 0.799. The van der Waals surface area contributed by atoms with Gasteiger partial charge in [-0.05, 0) is 29.8 Å². The molecular weight excluding hydrogens is 366 g/mol. The van der Waals surface area contributed by atoms with Gasteiger partial charge in [0.05, 0.1) is 46.5 Å². The summed E-state index contributed by atoms with van der Waals surface area (Å²) in [6, 6.07) is 9.07. The first-order valence-corrected chi connectivity index (χ1v) is 8.40. The van der Waals surface area contributed by atoms with Crippen LogP contribution >= 0.6 is 0 Å². The Hall–Kier alpha value is -3.42. The molecule has 0 bridgehead atoms. The standard InChI is InChI=1S/C20H23NO7/c1-25-15-9-8-12(10-17(15)27-3)14(11-18(22)23)21-20(24)13-6-5-7-16(26-2)19(13)28-4/h5-10,14H,11H2,1-4H3,(H,21,24)(H,22,23). The summed E-state index contributed by atoms with van der Waals surface area (Å²) in [6.45, 7) is 0. The summed E-state index contributed by atoms with van der Waals surface area (Å²) in [4.78, 5) is 24.2. The van der Waals surface area contributed by atoms with Crippen molar-refractivity contribution in [2.75, 3.05) is 28.4 Å². The topological polar surface area (TPSA) is 103 Å². The summed E-state index contributed by atoms with van der Waals surface area (Å²) in [7, 11) is 5.88. The summed E-state index contributed by atoms with van der Waals surface area (Å²) < 4.78 is 21.0. The van der Waals surface area contributed by atoms with Gasteiger partial charge in [0.1, 0.15) is 0 Å². The Kier molecular flexibility index (Phi) is 7.08. The number of rotatable bonds is 9. The number of carbonyl (C=O) groups excluding carboxylic acids is 1. The van der Waals surface area contributed by atoms with E-state index in [4.69, 9.17) is 18.9 Å². The van der Waals surface area contributed by atoms with Crippen molar-refractivity contribution in [3.05, 3.63) is 47.5 Å². The number of amides is 1.